The maximum atomic E-state index is 12.7. The van der Waals surface area contributed by atoms with Crippen molar-refractivity contribution in [3.63, 3.8) is 0 Å². The van der Waals surface area contributed by atoms with E-state index in [4.69, 9.17) is 5.26 Å². The van der Waals surface area contributed by atoms with Crippen LogP contribution in [0.25, 0.3) is 10.2 Å². The van der Waals surface area contributed by atoms with Crippen LogP contribution in [0.4, 0.5) is 5.69 Å². The van der Waals surface area contributed by atoms with Gasteiger partial charge in [0.2, 0.25) is 11.8 Å². The average Bonchev–Trinajstić information content (AvgIpc) is 3.22. The molecule has 3 rings (SSSR count). The molecule has 2 heterocycles. The van der Waals surface area contributed by atoms with Crippen LogP contribution in [0.5, 0.6) is 0 Å². The lowest BCUT2D eigenvalue weighted by Crippen LogP contribution is -2.34. The first-order valence-corrected chi connectivity index (χ1v) is 10.3. The summed E-state index contributed by atoms with van der Waals surface area (Å²) in [6.07, 6.45) is 0.256. The third-order valence-corrected chi connectivity index (χ3v) is 5.45. The van der Waals surface area contributed by atoms with E-state index in [1.807, 2.05) is 24.3 Å². The largest absolute Gasteiger partial charge is 0.338 e. The molecule has 8 nitrogen and oxygen atoms in total. The van der Waals surface area contributed by atoms with E-state index in [-0.39, 0.29) is 49.7 Å². The number of hydrogen-bond donors (Lipinski definition) is 1. The zero-order valence-electron chi connectivity index (χ0n) is 16.5. The minimum absolute atomic E-state index is 0.0240. The maximum Gasteiger partial charge on any atom is 0.268 e. The van der Waals surface area contributed by atoms with Crippen LogP contribution in [0.15, 0.2) is 46.6 Å². The molecule has 3 aromatic rings. The summed E-state index contributed by atoms with van der Waals surface area (Å²) in [5, 5.41) is 10.7. The van der Waals surface area contributed by atoms with Crippen molar-refractivity contribution in [1.29, 1.82) is 5.26 Å². The number of nitrogens with zero attached hydrogens (tertiary/aromatic N) is 4. The highest BCUT2D eigenvalue weighted by atomic mass is 32.1. The van der Waals surface area contributed by atoms with Crippen molar-refractivity contribution in [3.05, 3.63) is 58.0 Å². The summed E-state index contributed by atoms with van der Waals surface area (Å²) < 4.78 is 0.552. The Kier molecular flexibility index (Phi) is 6.93. The molecule has 9 heteroatoms. The van der Waals surface area contributed by atoms with Crippen LogP contribution in [-0.4, -0.2) is 40.3 Å². The number of H-pyrrole nitrogens is 1. The number of benzene rings is 1. The Morgan fingerprint density at radius 2 is 1.90 bits per heavy atom. The quantitative estimate of drug-likeness (QED) is 0.599. The first-order valence-electron chi connectivity index (χ1n) is 9.42. The van der Waals surface area contributed by atoms with Gasteiger partial charge >= 0.3 is 0 Å². The monoisotopic (exact) mass is 423 g/mol. The number of aromatic nitrogens is 2. The predicted molar refractivity (Wildman–Crippen MR) is 115 cm³/mol. The Labute approximate surface area is 177 Å². The van der Waals surface area contributed by atoms with Gasteiger partial charge in [-0.1, -0.05) is 18.2 Å². The molecule has 0 bridgehead atoms. The summed E-state index contributed by atoms with van der Waals surface area (Å²) in [6, 6.07) is 12.9. The molecule has 1 aromatic carbocycles. The molecule has 0 atom stereocenters. The second-order valence-electron chi connectivity index (χ2n) is 6.69. The number of aromatic amines is 1. The second-order valence-corrected chi connectivity index (χ2v) is 7.60. The summed E-state index contributed by atoms with van der Waals surface area (Å²) >= 11 is 1.32. The van der Waals surface area contributed by atoms with Crippen LogP contribution in [-0.2, 0) is 16.1 Å². The van der Waals surface area contributed by atoms with Crippen LogP contribution >= 0.6 is 11.3 Å². The van der Waals surface area contributed by atoms with E-state index in [0.29, 0.717) is 21.7 Å². The van der Waals surface area contributed by atoms with E-state index < -0.39 is 0 Å². The first-order chi connectivity index (χ1) is 14.5. The van der Waals surface area contributed by atoms with Gasteiger partial charge in [-0.25, -0.2) is 4.98 Å². The van der Waals surface area contributed by atoms with Crippen molar-refractivity contribution < 1.29 is 9.59 Å². The van der Waals surface area contributed by atoms with Gasteiger partial charge in [-0.3, -0.25) is 14.4 Å². The highest BCUT2D eigenvalue weighted by Gasteiger charge is 2.19. The Hall–Kier alpha value is -3.51. The predicted octanol–water partition coefficient (Wildman–Crippen LogP) is 2.67. The van der Waals surface area contributed by atoms with Crippen molar-refractivity contribution in [2.75, 3.05) is 18.5 Å². The summed E-state index contributed by atoms with van der Waals surface area (Å²) in [5.74, 6) is -0.0536. The third kappa shape index (κ3) is 5.10. The summed E-state index contributed by atoms with van der Waals surface area (Å²) in [4.78, 5) is 47.3. The maximum absolute atomic E-state index is 12.7. The van der Waals surface area contributed by atoms with E-state index in [0.717, 1.165) is 0 Å². The summed E-state index contributed by atoms with van der Waals surface area (Å²) in [5.41, 5.74) is 1.08. The van der Waals surface area contributed by atoms with Crippen molar-refractivity contribution in [1.82, 2.24) is 14.9 Å². The fourth-order valence-corrected chi connectivity index (χ4v) is 3.74. The molecule has 30 heavy (non-hydrogen) atoms. The number of para-hydroxylation sites is 1. The molecule has 0 saturated heterocycles. The molecule has 1 N–H and O–H groups in total. The van der Waals surface area contributed by atoms with Crippen molar-refractivity contribution in [2.24, 2.45) is 0 Å². The number of fused-ring (bicyclic) bond motifs is 1. The Bertz CT molecular complexity index is 1130. The standard InChI is InChI=1S/C21H21N5O3S/c1-25(14-17-23-16-10-13-30-20(16)21(29)24-17)18(27)8-9-19(28)26(12-5-11-22)15-6-3-2-4-7-15/h2-4,6-7,10,13H,5,8-9,12,14H2,1H3,(H,23,24,29). The first kappa shape index (κ1) is 21.2. The van der Waals surface area contributed by atoms with E-state index in [9.17, 15) is 14.4 Å². The van der Waals surface area contributed by atoms with Crippen molar-refractivity contribution in [3.8, 4) is 6.07 Å². The van der Waals surface area contributed by atoms with Crippen LogP contribution in [0.3, 0.4) is 0 Å². The van der Waals surface area contributed by atoms with Gasteiger partial charge in [0.15, 0.2) is 0 Å². The molecule has 0 unspecified atom stereocenters. The zero-order chi connectivity index (χ0) is 21.5. The zero-order valence-corrected chi connectivity index (χ0v) is 17.3. The number of anilines is 1. The van der Waals surface area contributed by atoms with Gasteiger partial charge in [-0.05, 0) is 23.6 Å². The number of nitriles is 1. The van der Waals surface area contributed by atoms with Crippen molar-refractivity contribution >= 4 is 39.1 Å². The van der Waals surface area contributed by atoms with Gasteiger partial charge in [0.1, 0.15) is 10.5 Å². The van der Waals surface area contributed by atoms with E-state index in [2.05, 4.69) is 9.97 Å². The Morgan fingerprint density at radius 3 is 2.63 bits per heavy atom. The molecule has 0 saturated carbocycles. The third-order valence-electron chi connectivity index (χ3n) is 4.55. The summed E-state index contributed by atoms with van der Waals surface area (Å²) in [7, 11) is 1.61. The number of nitrogens with one attached hydrogen (secondary N) is 1. The molecule has 0 aliphatic rings. The van der Waals surface area contributed by atoms with Gasteiger partial charge in [0.25, 0.3) is 5.56 Å². The number of rotatable bonds is 8. The minimum atomic E-state index is -0.232. The van der Waals surface area contributed by atoms with Gasteiger partial charge in [0.05, 0.1) is 24.6 Å². The van der Waals surface area contributed by atoms with Gasteiger partial charge in [-0.2, -0.15) is 5.26 Å². The SMILES string of the molecule is CN(Cc1nc2ccsc2c(=O)[nH]1)C(=O)CCC(=O)N(CCC#N)c1ccccc1. The lowest BCUT2D eigenvalue weighted by molar-refractivity contribution is -0.132. The van der Waals surface area contributed by atoms with E-state index in [1.54, 1.807) is 30.6 Å². The molecule has 0 aliphatic carbocycles. The van der Waals surface area contributed by atoms with Crippen LogP contribution in [0.1, 0.15) is 25.1 Å². The normalized spacial score (nSPS) is 10.5. The molecular weight excluding hydrogens is 402 g/mol. The number of amides is 2. The molecule has 154 valence electrons. The van der Waals surface area contributed by atoms with Crippen LogP contribution in [0.2, 0.25) is 0 Å². The number of hydrogen-bond acceptors (Lipinski definition) is 6. The topological polar surface area (TPSA) is 110 Å². The fraction of sp³-hybridized carbons (Fsp3) is 0.286. The van der Waals surface area contributed by atoms with Crippen LogP contribution in [0, 0.1) is 11.3 Å². The lowest BCUT2D eigenvalue weighted by atomic mass is 10.2. The van der Waals surface area contributed by atoms with E-state index in [1.165, 1.54) is 21.1 Å². The molecule has 0 fully saturated rings. The van der Waals surface area contributed by atoms with Crippen molar-refractivity contribution in [2.45, 2.75) is 25.8 Å². The number of carbonyl (C=O) groups is 2. The molecule has 0 aliphatic heterocycles. The highest BCUT2D eigenvalue weighted by Crippen LogP contribution is 2.17. The number of thiophene rings is 1. The van der Waals surface area contributed by atoms with Crippen LogP contribution < -0.4 is 10.5 Å². The van der Waals surface area contributed by atoms with Gasteiger partial charge in [0, 0.05) is 32.1 Å². The Balaban J connectivity index is 1.60. The molecule has 2 amide bonds. The molecular formula is C21H21N5O3S. The molecule has 0 radical (unpaired) electrons. The lowest BCUT2D eigenvalue weighted by Gasteiger charge is -2.22. The average molecular weight is 423 g/mol. The Morgan fingerprint density at radius 1 is 1.17 bits per heavy atom. The second kappa shape index (κ2) is 9.80. The fourth-order valence-electron chi connectivity index (χ4n) is 3.02. The highest BCUT2D eigenvalue weighted by molar-refractivity contribution is 7.17. The minimum Gasteiger partial charge on any atom is -0.338 e. The summed E-state index contributed by atoms with van der Waals surface area (Å²) in [6.45, 7) is 0.417. The molecule has 2 aromatic heterocycles. The molecule has 0 spiro atoms. The smallest absolute Gasteiger partial charge is 0.268 e. The number of carbonyl (C=O) groups excluding carboxylic acids is 2. The van der Waals surface area contributed by atoms with Gasteiger partial charge < -0.3 is 14.8 Å². The van der Waals surface area contributed by atoms with E-state index >= 15 is 0 Å². The van der Waals surface area contributed by atoms with Gasteiger partial charge in [-0.15, -0.1) is 11.3 Å².